The number of benzene rings is 4. The SMILES string of the molecule is COc1cc2c(cc1OC)[C@@H](c1ccccc1)N[C@H](C(c1ccccc1)(c1ccccc1)[Si](C)(C)C)C2. The highest BCUT2D eigenvalue weighted by atomic mass is 28.3. The van der Waals surface area contributed by atoms with E-state index in [0.717, 1.165) is 17.9 Å². The number of ether oxygens (including phenoxy) is 2. The molecule has 1 aliphatic heterocycles. The average molecular weight is 508 g/mol. The molecule has 4 heteroatoms. The maximum Gasteiger partial charge on any atom is 0.161 e. The molecule has 3 nitrogen and oxygen atoms in total. The van der Waals surface area contributed by atoms with Gasteiger partial charge in [0.25, 0.3) is 0 Å². The molecule has 37 heavy (non-hydrogen) atoms. The maximum absolute atomic E-state index is 5.76. The van der Waals surface area contributed by atoms with Gasteiger partial charge in [0.05, 0.1) is 28.3 Å². The lowest BCUT2D eigenvalue weighted by Crippen LogP contribution is -2.64. The molecular formula is C33H37NO2Si. The Morgan fingerprint density at radius 2 is 1.19 bits per heavy atom. The number of hydrogen-bond donors (Lipinski definition) is 1. The second kappa shape index (κ2) is 10.2. The van der Waals surface area contributed by atoms with Crippen LogP contribution in [0.3, 0.4) is 0 Å². The number of methoxy groups -OCH3 is 2. The molecular weight excluding hydrogens is 470 g/mol. The van der Waals surface area contributed by atoms with Crippen LogP contribution in [0, 0.1) is 0 Å². The van der Waals surface area contributed by atoms with E-state index in [1.54, 1.807) is 14.2 Å². The van der Waals surface area contributed by atoms with Crippen LogP contribution in [0.25, 0.3) is 0 Å². The van der Waals surface area contributed by atoms with Gasteiger partial charge in [-0.15, -0.1) is 0 Å². The first-order chi connectivity index (χ1) is 17.9. The summed E-state index contributed by atoms with van der Waals surface area (Å²) in [6.07, 6.45) is 0.896. The minimum absolute atomic E-state index is 0.0397. The van der Waals surface area contributed by atoms with E-state index in [1.165, 1.54) is 27.8 Å². The van der Waals surface area contributed by atoms with Crippen molar-refractivity contribution in [3.05, 3.63) is 131 Å². The Balaban J connectivity index is 1.78. The summed E-state index contributed by atoms with van der Waals surface area (Å²) in [7, 11) is 1.51. The van der Waals surface area contributed by atoms with Crippen molar-refractivity contribution in [2.24, 2.45) is 0 Å². The second-order valence-electron chi connectivity index (χ2n) is 11.0. The van der Waals surface area contributed by atoms with Gasteiger partial charge in [0.15, 0.2) is 11.5 Å². The van der Waals surface area contributed by atoms with Crippen LogP contribution in [0.4, 0.5) is 0 Å². The van der Waals surface area contributed by atoms with Gasteiger partial charge in [-0.2, -0.15) is 0 Å². The van der Waals surface area contributed by atoms with Crippen LogP contribution in [0.5, 0.6) is 11.5 Å². The van der Waals surface area contributed by atoms with E-state index in [4.69, 9.17) is 9.47 Å². The maximum atomic E-state index is 5.76. The lowest BCUT2D eigenvalue weighted by molar-refractivity contribution is 0.343. The van der Waals surface area contributed by atoms with Crippen LogP contribution in [0.2, 0.25) is 19.6 Å². The normalized spacial score (nSPS) is 17.6. The number of fused-ring (bicyclic) bond motifs is 1. The van der Waals surface area contributed by atoms with Crippen LogP contribution in [-0.2, 0) is 11.5 Å². The van der Waals surface area contributed by atoms with Crippen molar-refractivity contribution in [1.29, 1.82) is 0 Å². The predicted molar refractivity (Wildman–Crippen MR) is 155 cm³/mol. The monoisotopic (exact) mass is 507 g/mol. The summed E-state index contributed by atoms with van der Waals surface area (Å²) in [5, 5.41) is 4.04. The van der Waals surface area contributed by atoms with E-state index < -0.39 is 8.07 Å². The van der Waals surface area contributed by atoms with E-state index in [-0.39, 0.29) is 17.1 Å². The van der Waals surface area contributed by atoms with Gasteiger partial charge in [-0.25, -0.2) is 0 Å². The van der Waals surface area contributed by atoms with Crippen molar-refractivity contribution in [2.75, 3.05) is 14.2 Å². The highest BCUT2D eigenvalue weighted by molar-refractivity contribution is 6.80. The van der Waals surface area contributed by atoms with Crippen molar-refractivity contribution < 1.29 is 9.47 Å². The molecule has 1 N–H and O–H groups in total. The predicted octanol–water partition coefficient (Wildman–Crippen LogP) is 7.17. The molecule has 0 aliphatic carbocycles. The third kappa shape index (κ3) is 4.39. The topological polar surface area (TPSA) is 30.5 Å². The van der Waals surface area contributed by atoms with Gasteiger partial charge in [0, 0.05) is 11.1 Å². The molecule has 0 saturated carbocycles. The average Bonchev–Trinajstić information content (AvgIpc) is 2.93. The van der Waals surface area contributed by atoms with Gasteiger partial charge >= 0.3 is 0 Å². The van der Waals surface area contributed by atoms with Crippen LogP contribution >= 0.6 is 0 Å². The zero-order valence-electron chi connectivity index (χ0n) is 22.5. The summed E-state index contributed by atoms with van der Waals surface area (Å²) in [5.74, 6) is 1.55. The molecule has 1 heterocycles. The smallest absolute Gasteiger partial charge is 0.161 e. The molecule has 4 aromatic carbocycles. The zero-order chi connectivity index (χ0) is 26.0. The Labute approximate surface area is 222 Å². The molecule has 4 aromatic rings. The molecule has 0 aromatic heterocycles. The van der Waals surface area contributed by atoms with Crippen LogP contribution < -0.4 is 14.8 Å². The van der Waals surface area contributed by atoms with Crippen LogP contribution in [-0.4, -0.2) is 28.3 Å². The molecule has 5 rings (SSSR count). The second-order valence-corrected chi connectivity index (χ2v) is 16.3. The van der Waals surface area contributed by atoms with Gasteiger partial charge in [-0.3, -0.25) is 0 Å². The third-order valence-electron chi connectivity index (χ3n) is 8.05. The number of nitrogens with one attached hydrogen (secondary N) is 1. The Kier molecular flexibility index (Phi) is 6.97. The largest absolute Gasteiger partial charge is 0.493 e. The van der Waals surface area contributed by atoms with E-state index in [0.29, 0.717) is 0 Å². The summed E-state index contributed by atoms with van der Waals surface area (Å²) in [6.45, 7) is 7.53. The standard InChI is InChI=1S/C33H37NO2Si/c1-35-29-21-25-22-31(34-32(24-15-9-6-10-16-24)28(25)23-30(29)36-2)33(37(3,4)5,26-17-11-7-12-18-26)27-19-13-8-14-20-27/h6-21,23,31-32,34H,22H2,1-5H3/t31-,32+/m0/s1. The molecule has 1 aliphatic rings. The van der Waals surface area contributed by atoms with E-state index >= 15 is 0 Å². The number of hydrogen-bond acceptors (Lipinski definition) is 3. The van der Waals surface area contributed by atoms with Gasteiger partial charge < -0.3 is 14.8 Å². The fourth-order valence-corrected chi connectivity index (χ4v) is 9.81. The first-order valence-corrected chi connectivity index (χ1v) is 16.6. The highest BCUT2D eigenvalue weighted by Gasteiger charge is 2.53. The van der Waals surface area contributed by atoms with Crippen LogP contribution in [0.15, 0.2) is 103 Å². The fraction of sp³-hybridized carbons (Fsp3) is 0.273. The molecule has 190 valence electrons. The third-order valence-corrected chi connectivity index (χ3v) is 11.3. The van der Waals surface area contributed by atoms with E-state index in [1.807, 2.05) is 0 Å². The Hall–Kier alpha value is -3.34. The molecule has 0 fully saturated rings. The summed E-state index contributed by atoms with van der Waals surface area (Å²) in [4.78, 5) is 0. The van der Waals surface area contributed by atoms with Gasteiger partial charge in [-0.05, 0) is 46.4 Å². The first kappa shape index (κ1) is 25.3. The van der Waals surface area contributed by atoms with Crippen molar-refractivity contribution in [3.8, 4) is 11.5 Å². The van der Waals surface area contributed by atoms with Crippen molar-refractivity contribution in [1.82, 2.24) is 5.32 Å². The van der Waals surface area contributed by atoms with Gasteiger partial charge in [0.2, 0.25) is 0 Å². The Morgan fingerprint density at radius 1 is 0.703 bits per heavy atom. The summed E-state index contributed by atoms with van der Waals surface area (Å²) < 4.78 is 11.5. The van der Waals surface area contributed by atoms with Crippen molar-refractivity contribution >= 4 is 8.07 Å². The fourth-order valence-electron chi connectivity index (χ4n) is 6.51. The molecule has 0 bridgehead atoms. The summed E-state index contributed by atoms with van der Waals surface area (Å²) in [5.41, 5.74) is 6.59. The minimum Gasteiger partial charge on any atom is -0.493 e. The molecule has 0 spiro atoms. The molecule has 2 atom stereocenters. The quantitative estimate of drug-likeness (QED) is 0.269. The lowest BCUT2D eigenvalue weighted by Gasteiger charge is -2.53. The minimum atomic E-state index is -1.92. The Morgan fingerprint density at radius 3 is 1.68 bits per heavy atom. The Bertz CT molecular complexity index is 1290. The summed E-state index contributed by atoms with van der Waals surface area (Å²) in [6, 6.07) is 37.7. The van der Waals surface area contributed by atoms with Crippen molar-refractivity contribution in [2.45, 2.75) is 43.2 Å². The van der Waals surface area contributed by atoms with Gasteiger partial charge in [-0.1, -0.05) is 111 Å². The van der Waals surface area contributed by atoms with E-state index in [9.17, 15) is 0 Å². The first-order valence-electron chi connectivity index (χ1n) is 13.1. The van der Waals surface area contributed by atoms with Crippen molar-refractivity contribution in [3.63, 3.8) is 0 Å². The zero-order valence-corrected chi connectivity index (χ0v) is 23.5. The molecule has 0 radical (unpaired) electrons. The van der Waals surface area contributed by atoms with Gasteiger partial charge in [0.1, 0.15) is 0 Å². The molecule has 0 saturated heterocycles. The molecule has 0 unspecified atom stereocenters. The van der Waals surface area contributed by atoms with E-state index in [2.05, 4.69) is 128 Å². The molecule has 0 amide bonds. The lowest BCUT2D eigenvalue weighted by atomic mass is 9.76. The highest BCUT2D eigenvalue weighted by Crippen LogP contribution is 2.48. The summed E-state index contributed by atoms with van der Waals surface area (Å²) >= 11 is 0. The van der Waals surface area contributed by atoms with Crippen LogP contribution in [0.1, 0.15) is 33.9 Å². The number of rotatable bonds is 7.